The molecule has 0 aromatic rings. The van der Waals surface area contributed by atoms with Gasteiger partial charge in [0.15, 0.2) is 0 Å². The lowest BCUT2D eigenvalue weighted by molar-refractivity contribution is -0.137. The minimum Gasteiger partial charge on any atom is -0.480 e. The van der Waals surface area contributed by atoms with E-state index in [4.69, 9.17) is 15.6 Å². The summed E-state index contributed by atoms with van der Waals surface area (Å²) < 4.78 is 4.85. The number of urea groups is 1. The van der Waals surface area contributed by atoms with Crippen molar-refractivity contribution in [2.75, 3.05) is 39.9 Å². The van der Waals surface area contributed by atoms with Crippen LogP contribution in [0.1, 0.15) is 6.42 Å². The summed E-state index contributed by atoms with van der Waals surface area (Å²) in [6, 6.07) is -0.400. The number of carboxylic acid groups (broad SMARTS) is 1. The lowest BCUT2D eigenvalue weighted by Gasteiger charge is -2.26. The molecule has 0 bridgehead atoms. The third kappa shape index (κ3) is 4.40. The number of methoxy groups -OCH3 is 1. The molecule has 1 atom stereocenters. The van der Waals surface area contributed by atoms with Crippen LogP contribution >= 0.6 is 0 Å². The number of nitrogens with two attached hydrogens (primary N) is 1. The number of hydrogen-bond donors (Lipinski definition) is 2. The van der Waals surface area contributed by atoms with E-state index in [-0.39, 0.29) is 32.2 Å². The summed E-state index contributed by atoms with van der Waals surface area (Å²) >= 11 is 0. The summed E-state index contributed by atoms with van der Waals surface area (Å²) in [7, 11) is 1.47. The Morgan fingerprint density at radius 3 is 2.63 bits per heavy atom. The minimum atomic E-state index is -1.09. The molecule has 3 N–H and O–H groups in total. The first kappa shape index (κ1) is 15.2. The third-order valence-electron chi connectivity index (χ3n) is 3.02. The van der Waals surface area contributed by atoms with Crippen LogP contribution in [-0.2, 0) is 14.3 Å². The van der Waals surface area contributed by atoms with E-state index in [1.165, 1.54) is 16.9 Å². The topological polar surface area (TPSA) is 113 Å². The first-order valence-electron chi connectivity index (χ1n) is 5.99. The Balaban J connectivity index is 2.60. The van der Waals surface area contributed by atoms with Crippen molar-refractivity contribution in [2.45, 2.75) is 6.42 Å². The Hall–Kier alpha value is -1.83. The fourth-order valence-corrected chi connectivity index (χ4v) is 1.97. The van der Waals surface area contributed by atoms with Crippen molar-refractivity contribution >= 4 is 17.9 Å². The Morgan fingerprint density at radius 2 is 2.16 bits per heavy atom. The van der Waals surface area contributed by atoms with Crippen molar-refractivity contribution < 1.29 is 24.2 Å². The molecule has 108 valence electrons. The number of amides is 3. The maximum absolute atomic E-state index is 12.1. The number of aliphatic carboxylic acids is 1. The standard InChI is InChI=1S/C11H19N3O5/c1-19-5-4-14(7-9(15)16)11(18)13-3-2-8(6-13)10(12)17/h8H,2-7H2,1H3,(H2,12,17)(H,15,16). The normalized spacial score (nSPS) is 18.4. The van der Waals surface area contributed by atoms with Gasteiger partial charge in [-0.15, -0.1) is 0 Å². The van der Waals surface area contributed by atoms with Crippen LogP contribution in [0, 0.1) is 5.92 Å². The molecule has 19 heavy (non-hydrogen) atoms. The average Bonchev–Trinajstić information content (AvgIpc) is 2.82. The van der Waals surface area contributed by atoms with Crippen LogP contribution < -0.4 is 5.73 Å². The highest BCUT2D eigenvalue weighted by Crippen LogP contribution is 2.17. The first-order chi connectivity index (χ1) is 8.95. The predicted octanol–water partition coefficient (Wildman–Crippen LogP) is -1.05. The van der Waals surface area contributed by atoms with Crippen LogP contribution in [0.15, 0.2) is 0 Å². The van der Waals surface area contributed by atoms with E-state index in [0.717, 1.165) is 0 Å². The summed E-state index contributed by atoms with van der Waals surface area (Å²) in [4.78, 5) is 36.6. The molecule has 0 saturated carbocycles. The number of nitrogens with zero attached hydrogens (tertiary/aromatic N) is 2. The number of carbonyl (C=O) groups excluding carboxylic acids is 2. The van der Waals surface area contributed by atoms with Gasteiger partial charge in [0, 0.05) is 26.7 Å². The maximum atomic E-state index is 12.1. The van der Waals surface area contributed by atoms with Gasteiger partial charge in [0.05, 0.1) is 12.5 Å². The molecule has 0 radical (unpaired) electrons. The van der Waals surface area contributed by atoms with Crippen LogP contribution in [0.2, 0.25) is 0 Å². The average molecular weight is 273 g/mol. The largest absolute Gasteiger partial charge is 0.480 e. The van der Waals surface area contributed by atoms with Crippen molar-refractivity contribution in [3.63, 3.8) is 0 Å². The molecule has 1 rings (SSSR count). The summed E-state index contributed by atoms with van der Waals surface area (Å²) in [6.45, 7) is 0.720. The molecule has 0 spiro atoms. The number of likely N-dealkylation sites (tertiary alicyclic amines) is 1. The van der Waals surface area contributed by atoms with Crippen LogP contribution in [0.4, 0.5) is 4.79 Å². The Kier molecular flexibility index (Phi) is 5.56. The van der Waals surface area contributed by atoms with Crippen LogP contribution in [-0.4, -0.2) is 72.7 Å². The first-order valence-corrected chi connectivity index (χ1v) is 5.99. The van der Waals surface area contributed by atoms with Gasteiger partial charge in [0.2, 0.25) is 5.91 Å². The molecule has 0 aromatic heterocycles. The zero-order chi connectivity index (χ0) is 14.4. The number of primary amides is 1. The summed E-state index contributed by atoms with van der Waals surface area (Å²) in [6.07, 6.45) is 0.520. The molecule has 1 aliphatic heterocycles. The molecule has 8 heteroatoms. The molecule has 1 aliphatic rings. The number of ether oxygens (including phenoxy) is 1. The van der Waals surface area contributed by atoms with Crippen molar-refractivity contribution in [3.8, 4) is 0 Å². The van der Waals surface area contributed by atoms with E-state index >= 15 is 0 Å². The van der Waals surface area contributed by atoms with Gasteiger partial charge >= 0.3 is 12.0 Å². The van der Waals surface area contributed by atoms with E-state index in [0.29, 0.717) is 13.0 Å². The van der Waals surface area contributed by atoms with Crippen molar-refractivity contribution in [1.82, 2.24) is 9.80 Å². The second-order valence-corrected chi connectivity index (χ2v) is 4.42. The smallest absolute Gasteiger partial charge is 0.323 e. The van der Waals surface area contributed by atoms with Crippen molar-refractivity contribution in [1.29, 1.82) is 0 Å². The molecule has 0 aromatic carbocycles. The van der Waals surface area contributed by atoms with Gasteiger partial charge in [0.1, 0.15) is 6.54 Å². The van der Waals surface area contributed by atoms with Gasteiger partial charge in [-0.2, -0.15) is 0 Å². The quantitative estimate of drug-likeness (QED) is 0.641. The molecule has 0 aliphatic carbocycles. The van der Waals surface area contributed by atoms with Crippen molar-refractivity contribution in [2.24, 2.45) is 11.7 Å². The van der Waals surface area contributed by atoms with Crippen LogP contribution in [0.5, 0.6) is 0 Å². The van der Waals surface area contributed by atoms with Gasteiger partial charge in [-0.25, -0.2) is 4.79 Å². The molecule has 8 nitrogen and oxygen atoms in total. The third-order valence-corrected chi connectivity index (χ3v) is 3.02. The van der Waals surface area contributed by atoms with Crippen LogP contribution in [0.25, 0.3) is 0 Å². The zero-order valence-electron chi connectivity index (χ0n) is 10.9. The molecule has 1 fully saturated rings. The van der Waals surface area contributed by atoms with Gasteiger partial charge in [-0.3, -0.25) is 9.59 Å². The zero-order valence-corrected chi connectivity index (χ0v) is 10.9. The fourth-order valence-electron chi connectivity index (χ4n) is 1.97. The number of carbonyl (C=O) groups is 3. The van der Waals surface area contributed by atoms with Gasteiger partial charge in [0.25, 0.3) is 0 Å². The van der Waals surface area contributed by atoms with E-state index in [1.807, 2.05) is 0 Å². The van der Waals surface area contributed by atoms with E-state index in [2.05, 4.69) is 0 Å². The molecular weight excluding hydrogens is 254 g/mol. The van der Waals surface area contributed by atoms with Gasteiger partial charge < -0.3 is 25.4 Å². The second kappa shape index (κ2) is 6.93. The fraction of sp³-hybridized carbons (Fsp3) is 0.727. The number of hydrogen-bond acceptors (Lipinski definition) is 4. The van der Waals surface area contributed by atoms with E-state index < -0.39 is 17.9 Å². The second-order valence-electron chi connectivity index (χ2n) is 4.42. The van der Waals surface area contributed by atoms with Gasteiger partial charge in [-0.05, 0) is 6.42 Å². The van der Waals surface area contributed by atoms with Crippen molar-refractivity contribution in [3.05, 3.63) is 0 Å². The SMILES string of the molecule is COCCN(CC(=O)O)C(=O)N1CCC(C(N)=O)C1. The molecule has 1 saturated heterocycles. The minimum absolute atomic E-state index is 0.194. The number of rotatable bonds is 6. The molecular formula is C11H19N3O5. The summed E-state index contributed by atoms with van der Waals surface area (Å²) in [5.74, 6) is -1.87. The number of carboxylic acids is 1. The Bertz CT molecular complexity index is 360. The highest BCUT2D eigenvalue weighted by Gasteiger charge is 2.32. The summed E-state index contributed by atoms with van der Waals surface area (Å²) in [5.41, 5.74) is 5.19. The van der Waals surface area contributed by atoms with Gasteiger partial charge in [-0.1, -0.05) is 0 Å². The highest BCUT2D eigenvalue weighted by atomic mass is 16.5. The van der Waals surface area contributed by atoms with E-state index in [1.54, 1.807) is 0 Å². The highest BCUT2D eigenvalue weighted by molar-refractivity contribution is 5.82. The maximum Gasteiger partial charge on any atom is 0.323 e. The lowest BCUT2D eigenvalue weighted by atomic mass is 10.1. The monoisotopic (exact) mass is 273 g/mol. The lowest BCUT2D eigenvalue weighted by Crippen LogP contribution is -2.46. The molecule has 1 unspecified atom stereocenters. The van der Waals surface area contributed by atoms with Crippen LogP contribution in [0.3, 0.4) is 0 Å². The summed E-state index contributed by atoms with van der Waals surface area (Å²) in [5, 5.41) is 8.79. The Labute approximate surface area is 111 Å². The Morgan fingerprint density at radius 1 is 1.47 bits per heavy atom. The van der Waals surface area contributed by atoms with E-state index in [9.17, 15) is 14.4 Å². The molecule has 3 amide bonds. The predicted molar refractivity (Wildman–Crippen MR) is 65.4 cm³/mol. The molecule has 1 heterocycles.